The number of nitrogens with two attached hydrogens (primary N) is 1. The quantitative estimate of drug-likeness (QED) is 0.342. The summed E-state index contributed by atoms with van der Waals surface area (Å²) >= 11 is 0. The molecule has 0 unspecified atom stereocenters. The Labute approximate surface area is 196 Å². The summed E-state index contributed by atoms with van der Waals surface area (Å²) in [6.45, 7) is 2.02. The van der Waals surface area contributed by atoms with Crippen LogP contribution in [0.4, 0.5) is 0 Å². The molecule has 0 saturated heterocycles. The third-order valence-electron chi connectivity index (χ3n) is 5.71. The second-order valence-electron chi connectivity index (χ2n) is 7.93. The number of nitrogens with zero attached hydrogens (tertiary/aromatic N) is 2. The van der Waals surface area contributed by atoms with Gasteiger partial charge in [-0.15, -0.1) is 5.10 Å². The summed E-state index contributed by atoms with van der Waals surface area (Å²) in [5, 5.41) is 17.2. The Morgan fingerprint density at radius 1 is 1.06 bits per heavy atom. The molecule has 3 aromatic carbocycles. The Bertz CT molecular complexity index is 1430. The van der Waals surface area contributed by atoms with E-state index in [9.17, 15) is 10.1 Å². The summed E-state index contributed by atoms with van der Waals surface area (Å²) in [4.78, 5) is 12.4. The van der Waals surface area contributed by atoms with Crippen molar-refractivity contribution in [1.82, 2.24) is 10.2 Å². The summed E-state index contributed by atoms with van der Waals surface area (Å²) in [6, 6.07) is 26.0. The number of rotatable bonds is 4. The molecule has 2 heterocycles. The molecule has 0 radical (unpaired) electrons. The number of aromatic amines is 1. The number of aryl methyl sites for hydroxylation is 1. The molecule has 1 atom stereocenters. The number of ether oxygens (including phenoxy) is 2. The van der Waals surface area contributed by atoms with Crippen LogP contribution in [0.25, 0.3) is 11.3 Å². The van der Waals surface area contributed by atoms with E-state index in [4.69, 9.17) is 15.2 Å². The Kier molecular flexibility index (Phi) is 5.32. The highest BCUT2D eigenvalue weighted by Crippen LogP contribution is 2.45. The van der Waals surface area contributed by atoms with Gasteiger partial charge < -0.3 is 15.2 Å². The highest BCUT2D eigenvalue weighted by Gasteiger charge is 2.35. The standard InChI is InChI=1S/C27H20N4O3/c1-16-7-9-18(10-8-16)24-23-22(21(15-28)25(29)34-26(23)31-30-24)17-11-13-20(14-12-17)33-27(32)19-5-3-2-4-6-19/h2-14,22H,29H2,1H3,(H,30,31)/t22-/m1/s1. The van der Waals surface area contributed by atoms with E-state index < -0.39 is 11.9 Å². The molecule has 7 nitrogen and oxygen atoms in total. The lowest BCUT2D eigenvalue weighted by Crippen LogP contribution is -2.21. The molecule has 0 aliphatic carbocycles. The number of nitrogens with one attached hydrogen (secondary N) is 1. The Balaban J connectivity index is 1.52. The molecule has 4 aromatic rings. The minimum atomic E-state index is -0.498. The Morgan fingerprint density at radius 3 is 2.44 bits per heavy atom. The third-order valence-corrected chi connectivity index (χ3v) is 5.71. The number of benzene rings is 3. The van der Waals surface area contributed by atoms with E-state index in [1.165, 1.54) is 0 Å². The summed E-state index contributed by atoms with van der Waals surface area (Å²) in [5.41, 5.74) is 11.1. The number of hydrogen-bond donors (Lipinski definition) is 2. The zero-order valence-electron chi connectivity index (χ0n) is 18.3. The summed E-state index contributed by atoms with van der Waals surface area (Å²) in [7, 11) is 0. The lowest BCUT2D eigenvalue weighted by atomic mass is 9.83. The van der Waals surface area contributed by atoms with E-state index >= 15 is 0 Å². The normalized spacial score (nSPS) is 14.6. The number of carbonyl (C=O) groups excluding carboxylic acids is 1. The molecule has 3 N–H and O–H groups in total. The Morgan fingerprint density at radius 2 is 1.76 bits per heavy atom. The van der Waals surface area contributed by atoms with Crippen molar-refractivity contribution in [2.45, 2.75) is 12.8 Å². The molecule has 1 aliphatic rings. The molecule has 0 bridgehead atoms. The van der Waals surface area contributed by atoms with Gasteiger partial charge in [-0.1, -0.05) is 60.2 Å². The van der Waals surface area contributed by atoms with Crippen molar-refractivity contribution >= 4 is 5.97 Å². The second-order valence-corrected chi connectivity index (χ2v) is 7.93. The van der Waals surface area contributed by atoms with Gasteiger partial charge in [0, 0.05) is 5.56 Å². The second kappa shape index (κ2) is 8.60. The predicted octanol–water partition coefficient (Wildman–Crippen LogP) is 4.82. The van der Waals surface area contributed by atoms with E-state index in [1.807, 2.05) is 49.4 Å². The van der Waals surface area contributed by atoms with Crippen LogP contribution in [0.5, 0.6) is 11.6 Å². The van der Waals surface area contributed by atoms with E-state index in [1.54, 1.807) is 36.4 Å². The maximum Gasteiger partial charge on any atom is 0.343 e. The molecule has 166 valence electrons. The fourth-order valence-electron chi connectivity index (χ4n) is 3.99. The molecule has 7 heteroatoms. The third kappa shape index (κ3) is 3.78. The van der Waals surface area contributed by atoms with Crippen molar-refractivity contribution in [2.75, 3.05) is 0 Å². The van der Waals surface area contributed by atoms with Gasteiger partial charge >= 0.3 is 5.97 Å². The molecule has 0 spiro atoms. The van der Waals surface area contributed by atoms with Crippen LogP contribution in [0.3, 0.4) is 0 Å². The van der Waals surface area contributed by atoms with Crippen LogP contribution in [0.1, 0.15) is 33.0 Å². The first-order chi connectivity index (χ1) is 16.5. The van der Waals surface area contributed by atoms with Crippen molar-refractivity contribution in [3.63, 3.8) is 0 Å². The van der Waals surface area contributed by atoms with Gasteiger partial charge in [0.1, 0.15) is 17.4 Å². The average molecular weight is 448 g/mol. The smallest absolute Gasteiger partial charge is 0.343 e. The topological polar surface area (TPSA) is 114 Å². The zero-order valence-corrected chi connectivity index (χ0v) is 18.3. The molecule has 0 amide bonds. The Hall–Kier alpha value is -4.83. The monoisotopic (exact) mass is 448 g/mol. The minimum Gasteiger partial charge on any atom is -0.423 e. The van der Waals surface area contributed by atoms with Gasteiger partial charge in [0.2, 0.25) is 11.8 Å². The summed E-state index contributed by atoms with van der Waals surface area (Å²) < 4.78 is 11.2. The van der Waals surface area contributed by atoms with Crippen molar-refractivity contribution in [2.24, 2.45) is 5.73 Å². The highest BCUT2D eigenvalue weighted by atomic mass is 16.5. The van der Waals surface area contributed by atoms with Crippen LogP contribution in [-0.2, 0) is 0 Å². The fourth-order valence-corrected chi connectivity index (χ4v) is 3.99. The SMILES string of the molecule is Cc1ccc(-c2[nH]nc3c2[C@H](c2ccc(OC(=O)c4ccccc4)cc2)C(C#N)=C(N)O3)cc1. The van der Waals surface area contributed by atoms with Crippen molar-refractivity contribution in [3.8, 4) is 29.0 Å². The number of H-pyrrole nitrogens is 1. The number of esters is 1. The number of carbonyl (C=O) groups is 1. The highest BCUT2D eigenvalue weighted by molar-refractivity contribution is 5.91. The van der Waals surface area contributed by atoms with E-state index in [0.717, 1.165) is 27.9 Å². The van der Waals surface area contributed by atoms with Gasteiger partial charge in [-0.05, 0) is 36.8 Å². The van der Waals surface area contributed by atoms with E-state index in [-0.39, 0.29) is 11.5 Å². The minimum absolute atomic E-state index is 0.0153. The van der Waals surface area contributed by atoms with Crippen LogP contribution >= 0.6 is 0 Å². The predicted molar refractivity (Wildman–Crippen MR) is 126 cm³/mol. The fraction of sp³-hybridized carbons (Fsp3) is 0.0741. The maximum atomic E-state index is 12.4. The van der Waals surface area contributed by atoms with Crippen LogP contribution < -0.4 is 15.2 Å². The van der Waals surface area contributed by atoms with Crippen LogP contribution in [0, 0.1) is 18.3 Å². The van der Waals surface area contributed by atoms with Gasteiger partial charge in [-0.3, -0.25) is 5.10 Å². The van der Waals surface area contributed by atoms with Crippen LogP contribution in [-0.4, -0.2) is 16.2 Å². The lowest BCUT2D eigenvalue weighted by Gasteiger charge is -2.24. The number of nitriles is 1. The molecule has 34 heavy (non-hydrogen) atoms. The summed E-state index contributed by atoms with van der Waals surface area (Å²) in [6.07, 6.45) is 0. The number of hydrogen-bond acceptors (Lipinski definition) is 6. The van der Waals surface area contributed by atoms with E-state index in [2.05, 4.69) is 16.3 Å². The largest absolute Gasteiger partial charge is 0.423 e. The van der Waals surface area contributed by atoms with Crippen molar-refractivity contribution in [1.29, 1.82) is 5.26 Å². The van der Waals surface area contributed by atoms with Gasteiger partial charge in [0.05, 0.1) is 22.7 Å². The average Bonchev–Trinajstić information content (AvgIpc) is 3.28. The number of fused-ring (bicyclic) bond motifs is 1. The first-order valence-electron chi connectivity index (χ1n) is 10.6. The van der Waals surface area contributed by atoms with Crippen molar-refractivity contribution in [3.05, 3.63) is 113 Å². The van der Waals surface area contributed by atoms with Crippen molar-refractivity contribution < 1.29 is 14.3 Å². The zero-order chi connectivity index (χ0) is 23.7. The molecule has 1 aliphatic heterocycles. The summed E-state index contributed by atoms with van der Waals surface area (Å²) in [5.74, 6) is -0.202. The molecule has 0 saturated carbocycles. The lowest BCUT2D eigenvalue weighted by molar-refractivity contribution is 0.0734. The molecule has 5 rings (SSSR count). The first-order valence-corrected chi connectivity index (χ1v) is 10.6. The van der Waals surface area contributed by atoms with E-state index in [0.29, 0.717) is 17.2 Å². The van der Waals surface area contributed by atoms with Gasteiger partial charge in [0.15, 0.2) is 0 Å². The van der Waals surface area contributed by atoms with Gasteiger partial charge in [-0.25, -0.2) is 4.79 Å². The molecule has 0 fully saturated rings. The molecular weight excluding hydrogens is 428 g/mol. The maximum absolute atomic E-state index is 12.4. The van der Waals surface area contributed by atoms with Crippen LogP contribution in [0.15, 0.2) is 90.3 Å². The van der Waals surface area contributed by atoms with Crippen LogP contribution in [0.2, 0.25) is 0 Å². The number of allylic oxidation sites excluding steroid dienone is 1. The molecular formula is C27H20N4O3. The number of aromatic nitrogens is 2. The van der Waals surface area contributed by atoms with Gasteiger partial charge in [-0.2, -0.15) is 5.26 Å². The van der Waals surface area contributed by atoms with Gasteiger partial charge in [0.25, 0.3) is 0 Å². The first kappa shape index (κ1) is 21.0. The molecule has 1 aromatic heterocycles.